The fourth-order valence-electron chi connectivity index (χ4n) is 4.12. The molecule has 0 fully saturated rings. The highest BCUT2D eigenvalue weighted by Gasteiger charge is 2.45. The number of ketones is 1. The van der Waals surface area contributed by atoms with Gasteiger partial charge in [-0.1, -0.05) is 35.3 Å². The van der Waals surface area contributed by atoms with Gasteiger partial charge in [0.15, 0.2) is 11.5 Å². The average Bonchev–Trinajstić information content (AvgIpc) is 3.39. The predicted octanol–water partition coefficient (Wildman–Crippen LogP) is 6.67. The number of Topliss-reactive ketones (excluding diaryl/α,β-unsaturated/α-hetero) is 1. The van der Waals surface area contributed by atoms with Crippen molar-refractivity contribution in [3.63, 3.8) is 0 Å². The predicted molar refractivity (Wildman–Crippen MR) is 130 cm³/mol. The molecule has 1 unspecified atom stereocenters. The Morgan fingerprint density at radius 3 is 2.63 bits per heavy atom. The number of fused-ring (bicyclic) bond motifs is 1. The molecule has 9 heteroatoms. The van der Waals surface area contributed by atoms with Crippen LogP contribution in [0.3, 0.4) is 0 Å². The van der Waals surface area contributed by atoms with Crippen molar-refractivity contribution in [1.29, 1.82) is 0 Å². The van der Waals surface area contributed by atoms with Crippen LogP contribution in [0.1, 0.15) is 22.2 Å². The third kappa shape index (κ3) is 3.92. The maximum atomic E-state index is 13.8. The highest BCUT2D eigenvalue weighted by Crippen LogP contribution is 2.43. The molecule has 0 aliphatic carbocycles. The first-order valence-corrected chi connectivity index (χ1v) is 11.1. The van der Waals surface area contributed by atoms with E-state index in [0.717, 1.165) is 6.07 Å². The van der Waals surface area contributed by atoms with Crippen molar-refractivity contribution < 1.29 is 28.2 Å². The van der Waals surface area contributed by atoms with Crippen molar-refractivity contribution in [2.24, 2.45) is 0 Å². The fourth-order valence-corrected chi connectivity index (χ4v) is 4.48. The number of ether oxygens (including phenoxy) is 1. The summed E-state index contributed by atoms with van der Waals surface area (Å²) in [6.45, 7) is 0. The summed E-state index contributed by atoms with van der Waals surface area (Å²) in [7, 11) is 1.48. The van der Waals surface area contributed by atoms with Gasteiger partial charge in [-0.25, -0.2) is 4.39 Å². The maximum absolute atomic E-state index is 13.8. The molecule has 4 aromatic rings. The number of halogens is 3. The van der Waals surface area contributed by atoms with Crippen LogP contribution in [0.25, 0.3) is 11.0 Å². The molecule has 35 heavy (non-hydrogen) atoms. The van der Waals surface area contributed by atoms with Crippen LogP contribution in [0, 0.1) is 5.82 Å². The summed E-state index contributed by atoms with van der Waals surface area (Å²) in [4.78, 5) is 28.1. The topological polar surface area (TPSA) is 80.0 Å². The summed E-state index contributed by atoms with van der Waals surface area (Å²) in [5.41, 5.74) is 0.890. The Labute approximate surface area is 208 Å². The second-order valence-electron chi connectivity index (χ2n) is 7.84. The first kappa shape index (κ1) is 23.0. The molecule has 1 aliphatic heterocycles. The third-order valence-corrected chi connectivity index (χ3v) is 6.27. The van der Waals surface area contributed by atoms with Crippen LogP contribution in [0.5, 0.6) is 5.75 Å². The van der Waals surface area contributed by atoms with E-state index in [1.165, 1.54) is 30.2 Å². The zero-order valence-electron chi connectivity index (χ0n) is 18.1. The number of aliphatic hydroxyl groups is 1. The summed E-state index contributed by atoms with van der Waals surface area (Å²) < 4.78 is 24.9. The molecular weight excluding hydrogens is 496 g/mol. The quantitative estimate of drug-likeness (QED) is 0.302. The standard InChI is InChI=1S/C26H16Cl2FNO5/c1-34-17-4-2-3-13(10-17)23-22(24(31)21-11-14-9-15(27)5-8-20(14)35-21)25(32)26(33)30(23)16-6-7-19(29)18(28)12-16/h2-12,23,32H,1H3. The molecule has 1 aromatic heterocycles. The molecule has 0 saturated carbocycles. The van der Waals surface area contributed by atoms with Crippen LogP contribution in [-0.2, 0) is 4.79 Å². The number of amides is 1. The van der Waals surface area contributed by atoms with Gasteiger partial charge in [0, 0.05) is 16.1 Å². The number of anilines is 1. The molecule has 0 saturated heterocycles. The highest BCUT2D eigenvalue weighted by atomic mass is 35.5. The normalized spacial score (nSPS) is 15.8. The van der Waals surface area contributed by atoms with E-state index in [1.54, 1.807) is 42.5 Å². The zero-order chi connectivity index (χ0) is 24.9. The van der Waals surface area contributed by atoms with Crippen LogP contribution >= 0.6 is 23.2 Å². The van der Waals surface area contributed by atoms with Gasteiger partial charge in [-0.3, -0.25) is 14.5 Å². The van der Waals surface area contributed by atoms with Crippen molar-refractivity contribution >= 4 is 51.5 Å². The first-order valence-electron chi connectivity index (χ1n) is 10.4. The molecular formula is C26H16Cl2FNO5. The minimum atomic E-state index is -1.07. The van der Waals surface area contributed by atoms with Crippen LogP contribution in [-0.4, -0.2) is 23.9 Å². The van der Waals surface area contributed by atoms with Crippen LogP contribution in [0.2, 0.25) is 10.0 Å². The second-order valence-corrected chi connectivity index (χ2v) is 8.68. The number of hydrogen-bond donors (Lipinski definition) is 1. The SMILES string of the molecule is COc1cccc(C2C(C(=O)c3cc4cc(Cl)ccc4o3)=C(O)C(=O)N2c2ccc(F)c(Cl)c2)c1. The molecule has 5 rings (SSSR count). The summed E-state index contributed by atoms with van der Waals surface area (Å²) in [6, 6.07) is 15.7. The number of benzene rings is 3. The zero-order valence-corrected chi connectivity index (χ0v) is 19.6. The van der Waals surface area contributed by atoms with Gasteiger partial charge in [-0.2, -0.15) is 0 Å². The molecule has 1 N–H and O–H groups in total. The summed E-state index contributed by atoms with van der Waals surface area (Å²) in [5, 5.41) is 11.7. The minimum Gasteiger partial charge on any atom is -0.503 e. The summed E-state index contributed by atoms with van der Waals surface area (Å²) in [6.07, 6.45) is 0. The number of carbonyl (C=O) groups excluding carboxylic acids is 2. The maximum Gasteiger partial charge on any atom is 0.294 e. The van der Waals surface area contributed by atoms with Crippen molar-refractivity contribution in [1.82, 2.24) is 0 Å². The number of methoxy groups -OCH3 is 1. The number of rotatable bonds is 5. The van der Waals surface area contributed by atoms with Gasteiger partial charge in [-0.05, 0) is 60.2 Å². The van der Waals surface area contributed by atoms with Crippen LogP contribution < -0.4 is 9.64 Å². The lowest BCUT2D eigenvalue weighted by atomic mass is 9.94. The van der Waals surface area contributed by atoms with E-state index in [0.29, 0.717) is 27.3 Å². The Bertz CT molecular complexity index is 1540. The van der Waals surface area contributed by atoms with Crippen LogP contribution in [0.4, 0.5) is 10.1 Å². The van der Waals surface area contributed by atoms with E-state index in [2.05, 4.69) is 0 Å². The van der Waals surface area contributed by atoms with Crippen molar-refractivity contribution in [3.8, 4) is 5.75 Å². The Kier molecular flexibility index (Phi) is 5.75. The summed E-state index contributed by atoms with van der Waals surface area (Å²) in [5.74, 6) is -2.56. The Morgan fingerprint density at radius 1 is 1.09 bits per heavy atom. The van der Waals surface area contributed by atoms with Gasteiger partial charge in [-0.15, -0.1) is 0 Å². The lowest BCUT2D eigenvalue weighted by molar-refractivity contribution is -0.117. The Balaban J connectivity index is 1.68. The molecule has 0 spiro atoms. The smallest absolute Gasteiger partial charge is 0.294 e. The number of nitrogens with zero attached hydrogens (tertiary/aromatic N) is 1. The summed E-state index contributed by atoms with van der Waals surface area (Å²) >= 11 is 12.0. The monoisotopic (exact) mass is 511 g/mol. The van der Waals surface area contributed by atoms with Gasteiger partial charge >= 0.3 is 0 Å². The van der Waals surface area contributed by atoms with Gasteiger partial charge in [0.1, 0.15) is 17.1 Å². The lowest BCUT2D eigenvalue weighted by Gasteiger charge is -2.27. The van der Waals surface area contributed by atoms with E-state index in [-0.39, 0.29) is 22.0 Å². The van der Waals surface area contributed by atoms with E-state index in [9.17, 15) is 19.1 Å². The molecule has 1 aliphatic rings. The highest BCUT2D eigenvalue weighted by molar-refractivity contribution is 6.31. The van der Waals surface area contributed by atoms with Crippen molar-refractivity contribution in [2.75, 3.05) is 12.0 Å². The van der Waals surface area contributed by atoms with Crippen molar-refractivity contribution in [3.05, 3.63) is 105 Å². The molecule has 2 heterocycles. The molecule has 6 nitrogen and oxygen atoms in total. The molecule has 3 aromatic carbocycles. The Morgan fingerprint density at radius 2 is 1.89 bits per heavy atom. The number of hydrogen-bond acceptors (Lipinski definition) is 5. The molecule has 1 atom stereocenters. The second kappa shape index (κ2) is 8.76. The van der Waals surface area contributed by atoms with E-state index in [4.69, 9.17) is 32.4 Å². The van der Waals surface area contributed by atoms with E-state index in [1.807, 2.05) is 0 Å². The van der Waals surface area contributed by atoms with Crippen molar-refractivity contribution in [2.45, 2.75) is 6.04 Å². The van der Waals surface area contributed by atoms with E-state index < -0.39 is 29.3 Å². The van der Waals surface area contributed by atoms with Gasteiger partial charge in [0.05, 0.1) is 23.7 Å². The number of carbonyl (C=O) groups is 2. The fraction of sp³-hybridized carbons (Fsp3) is 0.0769. The molecule has 0 bridgehead atoms. The van der Waals surface area contributed by atoms with E-state index >= 15 is 0 Å². The Hall–Kier alpha value is -3.81. The number of aliphatic hydroxyl groups excluding tert-OH is 1. The number of furan rings is 1. The lowest BCUT2D eigenvalue weighted by Crippen LogP contribution is -2.31. The largest absolute Gasteiger partial charge is 0.503 e. The molecule has 1 amide bonds. The molecule has 176 valence electrons. The van der Waals surface area contributed by atoms with Gasteiger partial charge in [0.2, 0.25) is 5.78 Å². The molecule has 0 radical (unpaired) electrons. The minimum absolute atomic E-state index is 0.0801. The van der Waals surface area contributed by atoms with Gasteiger partial charge in [0.25, 0.3) is 5.91 Å². The third-order valence-electron chi connectivity index (χ3n) is 5.75. The average molecular weight is 512 g/mol. The van der Waals surface area contributed by atoms with Crippen LogP contribution in [0.15, 0.2) is 82.5 Å². The van der Waals surface area contributed by atoms with Gasteiger partial charge < -0.3 is 14.3 Å². The first-order chi connectivity index (χ1) is 16.8.